The van der Waals surface area contributed by atoms with Crippen molar-refractivity contribution >= 4 is 76.4 Å². The minimum Gasteiger partial charge on any atom is -0.310 e. The lowest BCUT2D eigenvalue weighted by molar-refractivity contribution is 0.768. The summed E-state index contributed by atoms with van der Waals surface area (Å²) in [6.07, 6.45) is 0. The lowest BCUT2D eigenvalue weighted by Crippen LogP contribution is -2.28. The summed E-state index contributed by atoms with van der Waals surface area (Å²) in [5.41, 5.74) is 16.0. The molecule has 0 saturated carbocycles. The molecule has 0 bridgehead atoms. The maximum absolute atomic E-state index is 2.48. The fourth-order valence-corrected chi connectivity index (χ4v) is 12.1. The van der Waals surface area contributed by atoms with E-state index in [1.165, 1.54) is 75.5 Å². The molecule has 12 aromatic rings. The van der Waals surface area contributed by atoms with Crippen molar-refractivity contribution in [1.29, 1.82) is 0 Å². The van der Waals surface area contributed by atoms with Crippen molar-refractivity contribution in [1.82, 2.24) is 0 Å². The third-order valence-electron chi connectivity index (χ3n) is 13.9. The van der Waals surface area contributed by atoms with Crippen LogP contribution in [0.2, 0.25) is 0 Å². The largest absolute Gasteiger partial charge is 0.310 e. The number of hydrogen-bond acceptors (Lipinski definition) is 3. The van der Waals surface area contributed by atoms with Crippen LogP contribution < -0.4 is 9.80 Å². The van der Waals surface area contributed by atoms with Gasteiger partial charge in [0.1, 0.15) is 0 Å². The molecule has 0 unspecified atom stereocenters. The summed E-state index contributed by atoms with van der Waals surface area (Å²) in [6, 6.07) is 98.2. The van der Waals surface area contributed by atoms with Gasteiger partial charge in [-0.2, -0.15) is 0 Å². The summed E-state index contributed by atoms with van der Waals surface area (Å²) in [4.78, 5) is 4.92. The third-order valence-corrected chi connectivity index (χ3v) is 15.0. The van der Waals surface area contributed by atoms with Crippen LogP contribution in [0.5, 0.6) is 0 Å². The van der Waals surface area contributed by atoms with Crippen molar-refractivity contribution in [2.24, 2.45) is 0 Å². The fraction of sp³-hybridized carbons (Fsp3) is 0.0154. The number of hydrogen-bond donors (Lipinski definition) is 0. The molecule has 0 fully saturated rings. The molecule has 1 heterocycles. The van der Waals surface area contributed by atoms with Crippen LogP contribution >= 0.6 is 11.3 Å². The van der Waals surface area contributed by atoms with E-state index in [0.29, 0.717) is 0 Å². The van der Waals surface area contributed by atoms with E-state index < -0.39 is 5.41 Å². The summed E-state index contributed by atoms with van der Waals surface area (Å²) in [6.45, 7) is 0. The topological polar surface area (TPSA) is 6.48 Å². The second-order valence-electron chi connectivity index (χ2n) is 17.6. The van der Waals surface area contributed by atoms with Crippen LogP contribution in [-0.4, -0.2) is 0 Å². The van der Waals surface area contributed by atoms with Gasteiger partial charge in [0, 0.05) is 48.3 Å². The Morgan fingerprint density at radius 1 is 0.309 bits per heavy atom. The van der Waals surface area contributed by atoms with Gasteiger partial charge < -0.3 is 9.80 Å². The Hall–Kier alpha value is -8.50. The normalized spacial score (nSPS) is 12.5. The number of thiophene rings is 1. The van der Waals surface area contributed by atoms with E-state index >= 15 is 0 Å². The highest BCUT2D eigenvalue weighted by atomic mass is 32.1. The molecule has 0 saturated heterocycles. The molecule has 68 heavy (non-hydrogen) atoms. The SMILES string of the molecule is c1ccc(-c2ccc(N(c3cccc(N(c4cccc5ccccc45)c4cccc5sc6ccccc6c45)c3)c3cccc(C4(c5ccccc5)c5ccccc5-c5ccccc54)c3)cc2)cc1. The van der Waals surface area contributed by atoms with E-state index in [2.05, 4.69) is 277 Å². The first kappa shape index (κ1) is 39.8. The quantitative estimate of drug-likeness (QED) is 0.142. The predicted molar refractivity (Wildman–Crippen MR) is 289 cm³/mol. The van der Waals surface area contributed by atoms with Crippen LogP contribution in [-0.2, 0) is 5.41 Å². The summed E-state index contributed by atoms with van der Waals surface area (Å²) in [5, 5.41) is 4.92. The predicted octanol–water partition coefficient (Wildman–Crippen LogP) is 18.2. The van der Waals surface area contributed by atoms with Crippen LogP contribution in [0, 0.1) is 0 Å². The van der Waals surface area contributed by atoms with E-state index in [1.54, 1.807) is 0 Å². The second-order valence-corrected chi connectivity index (χ2v) is 18.7. The number of nitrogens with zero attached hydrogens (tertiary/aromatic N) is 2. The monoisotopic (exact) mass is 884 g/mol. The Kier molecular flexibility index (Phi) is 9.62. The first-order chi connectivity index (χ1) is 33.7. The highest BCUT2D eigenvalue weighted by Gasteiger charge is 2.46. The zero-order chi connectivity index (χ0) is 45.0. The van der Waals surface area contributed by atoms with Crippen molar-refractivity contribution in [3.8, 4) is 22.3 Å². The average Bonchev–Trinajstić information content (AvgIpc) is 3.95. The van der Waals surface area contributed by atoms with Crippen molar-refractivity contribution in [2.75, 3.05) is 9.80 Å². The molecule has 1 aliphatic rings. The Morgan fingerprint density at radius 3 is 1.59 bits per heavy atom. The molecule has 11 aromatic carbocycles. The summed E-state index contributed by atoms with van der Waals surface area (Å²) < 4.78 is 2.55. The van der Waals surface area contributed by atoms with Gasteiger partial charge in [-0.05, 0) is 117 Å². The molecule has 320 valence electrons. The minimum absolute atomic E-state index is 0.539. The van der Waals surface area contributed by atoms with E-state index in [-0.39, 0.29) is 0 Å². The Labute approximate surface area is 400 Å². The van der Waals surface area contributed by atoms with Gasteiger partial charge >= 0.3 is 0 Å². The lowest BCUT2D eigenvalue weighted by Gasteiger charge is -2.35. The summed E-state index contributed by atoms with van der Waals surface area (Å²) >= 11 is 1.86. The van der Waals surface area contributed by atoms with Crippen LogP contribution in [0.3, 0.4) is 0 Å². The Balaban J connectivity index is 1.05. The first-order valence-corrected chi connectivity index (χ1v) is 24.1. The molecule has 0 radical (unpaired) electrons. The standard InChI is InChI=1S/C65H44N2S/c1-3-19-45(20-4-1)46-39-41-50(42-40-46)66(51-26-16-25-49(43-51)65(48-23-5-2-6-24-48)58-33-12-9-30-55(58)56-31-10-13-34-59(56)65)52-27-17-28-53(44-52)67(60-35-15-22-47-21-7-8-29-54(47)60)61-36-18-38-63-64(61)57-32-11-14-37-62(57)68-63/h1-44H. The van der Waals surface area contributed by atoms with E-state index in [1.807, 2.05) is 11.3 Å². The van der Waals surface area contributed by atoms with Gasteiger partial charge in [0.2, 0.25) is 0 Å². The smallest absolute Gasteiger partial charge is 0.0714 e. The van der Waals surface area contributed by atoms with Crippen LogP contribution in [0.1, 0.15) is 22.3 Å². The summed E-state index contributed by atoms with van der Waals surface area (Å²) in [5.74, 6) is 0. The molecule has 3 heteroatoms. The molecule has 0 atom stereocenters. The van der Waals surface area contributed by atoms with Crippen molar-refractivity contribution in [2.45, 2.75) is 5.41 Å². The average molecular weight is 885 g/mol. The zero-order valence-corrected chi connectivity index (χ0v) is 38.0. The molecule has 2 nitrogen and oxygen atoms in total. The fourth-order valence-electron chi connectivity index (χ4n) is 11.0. The molecular formula is C65H44N2S. The molecule has 0 spiro atoms. The molecule has 1 aliphatic carbocycles. The van der Waals surface area contributed by atoms with Gasteiger partial charge in [0.15, 0.2) is 0 Å². The second kappa shape index (κ2) is 16.4. The Morgan fingerprint density at radius 2 is 0.824 bits per heavy atom. The maximum atomic E-state index is 2.48. The number of fused-ring (bicyclic) bond motifs is 7. The van der Waals surface area contributed by atoms with Crippen molar-refractivity contribution < 1.29 is 0 Å². The highest BCUT2D eigenvalue weighted by molar-refractivity contribution is 7.26. The maximum Gasteiger partial charge on any atom is 0.0714 e. The summed E-state index contributed by atoms with van der Waals surface area (Å²) in [7, 11) is 0. The molecule has 0 aliphatic heterocycles. The van der Waals surface area contributed by atoms with Gasteiger partial charge in [-0.15, -0.1) is 11.3 Å². The van der Waals surface area contributed by atoms with Crippen LogP contribution in [0.15, 0.2) is 267 Å². The third kappa shape index (κ3) is 6.39. The van der Waals surface area contributed by atoms with Gasteiger partial charge in [0.25, 0.3) is 0 Å². The Bertz CT molecular complexity index is 3770. The minimum atomic E-state index is -0.539. The first-order valence-electron chi connectivity index (χ1n) is 23.3. The van der Waals surface area contributed by atoms with E-state index in [9.17, 15) is 0 Å². The van der Waals surface area contributed by atoms with Gasteiger partial charge in [0.05, 0.1) is 16.8 Å². The van der Waals surface area contributed by atoms with E-state index in [4.69, 9.17) is 0 Å². The van der Waals surface area contributed by atoms with Crippen LogP contribution in [0.4, 0.5) is 34.1 Å². The number of anilines is 6. The highest BCUT2D eigenvalue weighted by Crippen LogP contribution is 2.57. The van der Waals surface area contributed by atoms with E-state index in [0.717, 1.165) is 34.1 Å². The molecule has 0 amide bonds. The van der Waals surface area contributed by atoms with Gasteiger partial charge in [-0.3, -0.25) is 0 Å². The van der Waals surface area contributed by atoms with Crippen molar-refractivity contribution in [3.05, 3.63) is 289 Å². The molecule has 13 rings (SSSR count). The molecular weight excluding hydrogens is 841 g/mol. The van der Waals surface area contributed by atoms with Crippen LogP contribution in [0.25, 0.3) is 53.2 Å². The lowest BCUT2D eigenvalue weighted by atomic mass is 9.67. The molecule has 0 N–H and O–H groups in total. The zero-order valence-electron chi connectivity index (χ0n) is 37.2. The number of benzene rings is 11. The number of rotatable bonds is 9. The van der Waals surface area contributed by atoms with Gasteiger partial charge in [-0.1, -0.05) is 200 Å². The van der Waals surface area contributed by atoms with Gasteiger partial charge in [-0.25, -0.2) is 0 Å². The van der Waals surface area contributed by atoms with Crippen molar-refractivity contribution in [3.63, 3.8) is 0 Å². The molecule has 1 aromatic heterocycles.